The van der Waals surface area contributed by atoms with E-state index in [-0.39, 0.29) is 0 Å². The van der Waals surface area contributed by atoms with E-state index in [2.05, 4.69) is 12.1 Å². The van der Waals surface area contributed by atoms with Gasteiger partial charge in [-0.15, -0.1) is 0 Å². The molecular formula is C18H18ClNOS. The summed E-state index contributed by atoms with van der Waals surface area (Å²) in [6, 6.07) is 17.4. The molecule has 0 saturated heterocycles. The summed E-state index contributed by atoms with van der Waals surface area (Å²) in [6.45, 7) is 0.728. The van der Waals surface area contributed by atoms with Gasteiger partial charge in [0.1, 0.15) is 5.75 Å². The van der Waals surface area contributed by atoms with Crippen LogP contribution in [0.1, 0.15) is 24.0 Å². The third kappa shape index (κ3) is 6.01. The van der Waals surface area contributed by atoms with Gasteiger partial charge in [0, 0.05) is 10.8 Å². The fourth-order valence-corrected chi connectivity index (χ4v) is 3.04. The lowest BCUT2D eigenvalue weighted by Crippen LogP contribution is -1.97. The first kappa shape index (κ1) is 16.7. The van der Waals surface area contributed by atoms with Gasteiger partial charge < -0.3 is 4.74 Å². The minimum atomic E-state index is 0.726. The molecule has 2 rings (SSSR count). The molecule has 0 amide bonds. The second kappa shape index (κ2) is 9.40. The van der Waals surface area contributed by atoms with Crippen molar-refractivity contribution in [3.63, 3.8) is 0 Å². The monoisotopic (exact) mass is 331 g/mol. The Labute approximate surface area is 141 Å². The molecule has 0 aliphatic rings. The number of thioether (sulfide) groups is 1. The maximum absolute atomic E-state index is 8.86. The molecule has 0 atom stereocenters. The third-order valence-electron chi connectivity index (χ3n) is 3.09. The van der Waals surface area contributed by atoms with Crippen LogP contribution in [0.2, 0.25) is 5.02 Å². The molecule has 0 radical (unpaired) electrons. The van der Waals surface area contributed by atoms with Crippen molar-refractivity contribution in [2.45, 2.75) is 18.6 Å². The van der Waals surface area contributed by atoms with Crippen LogP contribution < -0.4 is 4.74 Å². The van der Waals surface area contributed by atoms with Crippen molar-refractivity contribution in [3.8, 4) is 11.8 Å². The Balaban J connectivity index is 1.56. The highest BCUT2D eigenvalue weighted by atomic mass is 35.5. The van der Waals surface area contributed by atoms with Crippen molar-refractivity contribution in [2.24, 2.45) is 0 Å². The van der Waals surface area contributed by atoms with Gasteiger partial charge in [-0.25, -0.2) is 0 Å². The molecule has 0 unspecified atom stereocenters. The van der Waals surface area contributed by atoms with Gasteiger partial charge in [0.2, 0.25) is 0 Å². The highest BCUT2D eigenvalue weighted by Crippen LogP contribution is 2.17. The molecule has 0 aromatic heterocycles. The lowest BCUT2D eigenvalue weighted by molar-refractivity contribution is 0.310. The second-order valence-electron chi connectivity index (χ2n) is 4.87. The van der Waals surface area contributed by atoms with E-state index in [0.29, 0.717) is 0 Å². The molecule has 2 aromatic carbocycles. The van der Waals surface area contributed by atoms with Crippen LogP contribution >= 0.6 is 23.4 Å². The Bertz CT molecular complexity index is 622. The first-order chi connectivity index (χ1) is 10.8. The van der Waals surface area contributed by atoms with Crippen molar-refractivity contribution < 1.29 is 4.74 Å². The largest absolute Gasteiger partial charge is 0.494 e. The number of benzene rings is 2. The van der Waals surface area contributed by atoms with E-state index in [1.165, 1.54) is 5.56 Å². The van der Waals surface area contributed by atoms with Crippen LogP contribution in [0.5, 0.6) is 5.75 Å². The van der Waals surface area contributed by atoms with E-state index in [1.54, 1.807) is 0 Å². The molecule has 0 bridgehead atoms. The number of nitriles is 1. The first-order valence-electron chi connectivity index (χ1n) is 7.23. The second-order valence-corrected chi connectivity index (χ2v) is 6.42. The van der Waals surface area contributed by atoms with E-state index < -0.39 is 0 Å². The predicted octanol–water partition coefficient (Wildman–Crippen LogP) is 5.30. The Kier molecular flexibility index (Phi) is 7.15. The van der Waals surface area contributed by atoms with Gasteiger partial charge in [-0.2, -0.15) is 17.0 Å². The smallest absolute Gasteiger partial charge is 0.119 e. The molecule has 4 heteroatoms. The number of hydrogen-bond acceptors (Lipinski definition) is 3. The van der Waals surface area contributed by atoms with Gasteiger partial charge in [-0.05, 0) is 60.6 Å². The third-order valence-corrected chi connectivity index (χ3v) is 4.46. The maximum Gasteiger partial charge on any atom is 0.119 e. The van der Waals surface area contributed by atoms with Gasteiger partial charge in [-0.3, -0.25) is 0 Å². The molecule has 2 nitrogen and oxygen atoms in total. The fraction of sp³-hybridized carbons (Fsp3) is 0.278. The van der Waals surface area contributed by atoms with Crippen LogP contribution in [-0.2, 0) is 5.75 Å². The van der Waals surface area contributed by atoms with Crippen molar-refractivity contribution in [2.75, 3.05) is 12.4 Å². The Morgan fingerprint density at radius 3 is 2.68 bits per heavy atom. The minimum Gasteiger partial charge on any atom is -0.494 e. The molecule has 0 heterocycles. The number of halogens is 1. The average Bonchev–Trinajstić information content (AvgIpc) is 2.56. The predicted molar refractivity (Wildman–Crippen MR) is 93.5 cm³/mol. The Morgan fingerprint density at radius 2 is 1.91 bits per heavy atom. The maximum atomic E-state index is 8.86. The number of rotatable bonds is 8. The van der Waals surface area contributed by atoms with Crippen molar-refractivity contribution in [1.82, 2.24) is 0 Å². The summed E-state index contributed by atoms with van der Waals surface area (Å²) in [5.74, 6) is 2.92. The van der Waals surface area contributed by atoms with Crippen molar-refractivity contribution >= 4 is 23.4 Å². The molecule has 0 spiro atoms. The van der Waals surface area contributed by atoms with Crippen LogP contribution in [-0.4, -0.2) is 12.4 Å². The van der Waals surface area contributed by atoms with E-state index in [9.17, 15) is 0 Å². The topological polar surface area (TPSA) is 33.0 Å². The lowest BCUT2D eigenvalue weighted by atomic mass is 10.2. The van der Waals surface area contributed by atoms with Gasteiger partial charge >= 0.3 is 0 Å². The van der Waals surface area contributed by atoms with Crippen molar-refractivity contribution in [1.29, 1.82) is 5.26 Å². The van der Waals surface area contributed by atoms with Gasteiger partial charge in [0.15, 0.2) is 0 Å². The summed E-state index contributed by atoms with van der Waals surface area (Å²) in [6.07, 6.45) is 2.16. The summed E-state index contributed by atoms with van der Waals surface area (Å²) in [7, 11) is 0. The first-order valence-corrected chi connectivity index (χ1v) is 8.76. The van der Waals surface area contributed by atoms with Crippen molar-refractivity contribution in [3.05, 3.63) is 64.7 Å². The fourth-order valence-electron chi connectivity index (χ4n) is 1.95. The zero-order chi connectivity index (χ0) is 15.6. The normalized spacial score (nSPS) is 10.2. The van der Waals surface area contributed by atoms with Crippen LogP contribution in [0.15, 0.2) is 48.5 Å². The molecule has 22 heavy (non-hydrogen) atoms. The van der Waals surface area contributed by atoms with Gasteiger partial charge in [0.05, 0.1) is 18.2 Å². The van der Waals surface area contributed by atoms with Gasteiger partial charge in [-0.1, -0.05) is 23.7 Å². The molecule has 0 fully saturated rings. The van der Waals surface area contributed by atoms with Crippen LogP contribution in [0, 0.1) is 11.3 Å². The number of unbranched alkanes of at least 4 members (excludes halogenated alkanes) is 1. The number of hydrogen-bond donors (Lipinski definition) is 0. The van der Waals surface area contributed by atoms with E-state index in [0.717, 1.165) is 47.3 Å². The standard InChI is InChI=1S/C18H18ClNOS/c19-17-6-8-18(9-7-17)21-10-1-2-11-22-14-16-5-3-4-15(12-16)13-20/h3-9,12H,1-2,10-11,14H2. The Hall–Kier alpha value is -1.63. The van der Waals surface area contributed by atoms with Crippen LogP contribution in [0.3, 0.4) is 0 Å². The zero-order valence-corrected chi connectivity index (χ0v) is 13.9. The van der Waals surface area contributed by atoms with E-state index in [4.69, 9.17) is 21.6 Å². The SMILES string of the molecule is N#Cc1cccc(CSCCCCOc2ccc(Cl)cc2)c1. The average molecular weight is 332 g/mol. The molecule has 0 aliphatic heterocycles. The number of ether oxygens (including phenoxy) is 1. The van der Waals surface area contributed by atoms with E-state index >= 15 is 0 Å². The minimum absolute atomic E-state index is 0.726. The Morgan fingerprint density at radius 1 is 1.09 bits per heavy atom. The molecule has 0 saturated carbocycles. The highest BCUT2D eigenvalue weighted by molar-refractivity contribution is 7.98. The molecule has 2 aromatic rings. The van der Waals surface area contributed by atoms with Crippen LogP contribution in [0.4, 0.5) is 0 Å². The summed E-state index contributed by atoms with van der Waals surface area (Å²) in [5, 5.41) is 9.59. The zero-order valence-electron chi connectivity index (χ0n) is 12.3. The summed E-state index contributed by atoms with van der Waals surface area (Å²) in [5.41, 5.74) is 1.94. The van der Waals surface area contributed by atoms with Crippen LogP contribution in [0.25, 0.3) is 0 Å². The molecular weight excluding hydrogens is 314 g/mol. The molecule has 0 aliphatic carbocycles. The molecule has 0 N–H and O–H groups in total. The molecule has 114 valence electrons. The quantitative estimate of drug-likeness (QED) is 0.615. The van der Waals surface area contributed by atoms with E-state index in [1.807, 2.05) is 54.2 Å². The summed E-state index contributed by atoms with van der Waals surface area (Å²) in [4.78, 5) is 0. The highest BCUT2D eigenvalue weighted by Gasteiger charge is 1.97. The summed E-state index contributed by atoms with van der Waals surface area (Å²) < 4.78 is 5.65. The number of nitrogens with zero attached hydrogens (tertiary/aromatic N) is 1. The lowest BCUT2D eigenvalue weighted by Gasteiger charge is -2.06. The summed E-state index contributed by atoms with van der Waals surface area (Å²) >= 11 is 7.71. The van der Waals surface area contributed by atoms with Gasteiger partial charge in [0.25, 0.3) is 0 Å².